The van der Waals surface area contributed by atoms with E-state index in [4.69, 9.17) is 4.74 Å². The van der Waals surface area contributed by atoms with Crippen LogP contribution in [0.15, 0.2) is 60.7 Å². The first-order chi connectivity index (χ1) is 13.7. The fraction of sp³-hybridized carbons (Fsp3) is 0.423. The Bertz CT molecular complexity index is 740. The molecule has 0 aliphatic heterocycles. The number of hydrogen-bond acceptors (Lipinski definition) is 2. The number of carbonyl (C=O) groups excluding carboxylic acids is 1. The zero-order valence-electron chi connectivity index (χ0n) is 17.0. The summed E-state index contributed by atoms with van der Waals surface area (Å²) in [5.41, 5.74) is 4.00. The zero-order chi connectivity index (χ0) is 19.6. The van der Waals surface area contributed by atoms with Crippen LogP contribution < -0.4 is 0 Å². The van der Waals surface area contributed by atoms with Crippen LogP contribution in [0.3, 0.4) is 0 Å². The summed E-state index contributed by atoms with van der Waals surface area (Å²) in [5, 5.41) is 0. The SMILES string of the molecule is CC(=O)OCCCc1ccc(C(/C=C/c2ccccc2)C2CCCCC2)cc1. The third-order valence-electron chi connectivity index (χ3n) is 5.73. The van der Waals surface area contributed by atoms with Gasteiger partial charge >= 0.3 is 5.97 Å². The minimum atomic E-state index is -0.198. The van der Waals surface area contributed by atoms with Crippen LogP contribution in [0.25, 0.3) is 6.08 Å². The predicted molar refractivity (Wildman–Crippen MR) is 116 cm³/mol. The fourth-order valence-electron chi connectivity index (χ4n) is 4.21. The molecule has 148 valence electrons. The van der Waals surface area contributed by atoms with Gasteiger partial charge in [0.25, 0.3) is 0 Å². The van der Waals surface area contributed by atoms with Gasteiger partial charge in [0, 0.05) is 12.8 Å². The second kappa shape index (κ2) is 10.8. The highest BCUT2D eigenvalue weighted by Crippen LogP contribution is 2.37. The number of allylic oxidation sites excluding steroid dienone is 1. The smallest absolute Gasteiger partial charge is 0.302 e. The Balaban J connectivity index is 1.68. The van der Waals surface area contributed by atoms with Gasteiger partial charge in [0.1, 0.15) is 0 Å². The largest absolute Gasteiger partial charge is 0.466 e. The van der Waals surface area contributed by atoms with E-state index in [1.165, 1.54) is 55.7 Å². The molecule has 0 saturated heterocycles. The third kappa shape index (κ3) is 6.37. The van der Waals surface area contributed by atoms with Crippen molar-refractivity contribution < 1.29 is 9.53 Å². The lowest BCUT2D eigenvalue weighted by Crippen LogP contribution is -2.15. The van der Waals surface area contributed by atoms with Gasteiger partial charge in [-0.2, -0.15) is 0 Å². The molecule has 1 unspecified atom stereocenters. The van der Waals surface area contributed by atoms with E-state index in [1.807, 2.05) is 0 Å². The summed E-state index contributed by atoms with van der Waals surface area (Å²) >= 11 is 0. The first-order valence-corrected chi connectivity index (χ1v) is 10.7. The highest BCUT2D eigenvalue weighted by Gasteiger charge is 2.23. The second-order valence-corrected chi connectivity index (χ2v) is 7.88. The van der Waals surface area contributed by atoms with E-state index in [0.29, 0.717) is 12.5 Å². The van der Waals surface area contributed by atoms with Crippen molar-refractivity contribution in [2.45, 2.75) is 57.8 Å². The highest BCUT2D eigenvalue weighted by molar-refractivity contribution is 5.65. The Labute approximate surface area is 169 Å². The number of carbonyl (C=O) groups is 1. The minimum Gasteiger partial charge on any atom is -0.466 e. The van der Waals surface area contributed by atoms with Crippen LogP contribution in [-0.2, 0) is 16.0 Å². The fourth-order valence-corrected chi connectivity index (χ4v) is 4.21. The molecule has 2 aromatic carbocycles. The number of ether oxygens (including phenoxy) is 1. The van der Waals surface area contributed by atoms with Gasteiger partial charge in [-0.05, 0) is 48.3 Å². The van der Waals surface area contributed by atoms with Crippen molar-refractivity contribution in [2.75, 3.05) is 6.61 Å². The van der Waals surface area contributed by atoms with Crippen molar-refractivity contribution in [3.05, 3.63) is 77.4 Å². The number of rotatable bonds is 8. The molecule has 1 atom stereocenters. The molecular weight excluding hydrogens is 344 g/mol. The molecule has 1 aliphatic carbocycles. The lowest BCUT2D eigenvalue weighted by atomic mass is 9.76. The second-order valence-electron chi connectivity index (χ2n) is 7.88. The average Bonchev–Trinajstić information content (AvgIpc) is 2.74. The van der Waals surface area contributed by atoms with Crippen LogP contribution in [-0.4, -0.2) is 12.6 Å². The molecule has 0 amide bonds. The normalized spacial score (nSPS) is 16.2. The van der Waals surface area contributed by atoms with E-state index in [1.54, 1.807) is 0 Å². The molecule has 0 heterocycles. The molecule has 0 aromatic heterocycles. The van der Waals surface area contributed by atoms with E-state index >= 15 is 0 Å². The number of benzene rings is 2. The maximum atomic E-state index is 10.9. The summed E-state index contributed by atoms with van der Waals surface area (Å²) < 4.78 is 5.03. The number of hydrogen-bond donors (Lipinski definition) is 0. The summed E-state index contributed by atoms with van der Waals surface area (Å²) in [6.07, 6.45) is 13.3. The Hall–Kier alpha value is -2.35. The van der Waals surface area contributed by atoms with Crippen molar-refractivity contribution in [3.63, 3.8) is 0 Å². The minimum absolute atomic E-state index is 0.198. The van der Waals surface area contributed by atoms with Crippen LogP contribution in [0.4, 0.5) is 0 Å². The van der Waals surface area contributed by atoms with Crippen molar-refractivity contribution in [2.24, 2.45) is 5.92 Å². The summed E-state index contributed by atoms with van der Waals surface area (Å²) in [6, 6.07) is 19.7. The molecule has 28 heavy (non-hydrogen) atoms. The number of esters is 1. The van der Waals surface area contributed by atoms with E-state index in [-0.39, 0.29) is 5.97 Å². The van der Waals surface area contributed by atoms with Crippen LogP contribution in [0.1, 0.15) is 68.1 Å². The topological polar surface area (TPSA) is 26.3 Å². The molecule has 2 heteroatoms. The van der Waals surface area contributed by atoms with E-state index in [2.05, 4.69) is 66.7 Å². The van der Waals surface area contributed by atoms with Crippen LogP contribution in [0, 0.1) is 5.92 Å². The zero-order valence-corrected chi connectivity index (χ0v) is 17.0. The molecular formula is C26H32O2. The van der Waals surface area contributed by atoms with Gasteiger partial charge in [0.05, 0.1) is 6.61 Å². The first-order valence-electron chi connectivity index (χ1n) is 10.7. The molecule has 3 rings (SSSR count). The van der Waals surface area contributed by atoms with Crippen molar-refractivity contribution >= 4 is 12.0 Å². The Morgan fingerprint density at radius 2 is 1.75 bits per heavy atom. The Morgan fingerprint density at radius 1 is 1.04 bits per heavy atom. The quantitative estimate of drug-likeness (QED) is 0.385. The summed E-state index contributed by atoms with van der Waals surface area (Å²) in [5.74, 6) is 1.02. The third-order valence-corrected chi connectivity index (χ3v) is 5.73. The molecule has 0 N–H and O–H groups in total. The molecule has 1 fully saturated rings. The van der Waals surface area contributed by atoms with Gasteiger partial charge in [-0.3, -0.25) is 4.79 Å². The van der Waals surface area contributed by atoms with Gasteiger partial charge < -0.3 is 4.74 Å². The molecule has 0 spiro atoms. The standard InChI is InChI=1S/C26H32O2/c1-21(27)28-20-8-11-23-14-17-25(18-15-23)26(24-12-6-3-7-13-24)19-16-22-9-4-2-5-10-22/h2,4-5,9-10,14-19,24,26H,3,6-8,11-13,20H2,1H3/b19-16+. The highest BCUT2D eigenvalue weighted by atomic mass is 16.5. The van der Waals surface area contributed by atoms with Crippen molar-refractivity contribution in [3.8, 4) is 0 Å². The molecule has 2 aromatic rings. The molecule has 0 bridgehead atoms. The van der Waals surface area contributed by atoms with Gasteiger partial charge in [0.15, 0.2) is 0 Å². The molecule has 1 saturated carbocycles. The lowest BCUT2D eigenvalue weighted by Gasteiger charge is -2.29. The van der Waals surface area contributed by atoms with Crippen LogP contribution in [0.2, 0.25) is 0 Å². The van der Waals surface area contributed by atoms with E-state index in [9.17, 15) is 4.79 Å². The summed E-state index contributed by atoms with van der Waals surface area (Å²) in [6.45, 7) is 1.96. The maximum Gasteiger partial charge on any atom is 0.302 e. The monoisotopic (exact) mass is 376 g/mol. The van der Waals surface area contributed by atoms with Gasteiger partial charge in [0.2, 0.25) is 0 Å². The van der Waals surface area contributed by atoms with Gasteiger partial charge in [-0.1, -0.05) is 86.0 Å². The first kappa shape index (κ1) is 20.4. The van der Waals surface area contributed by atoms with Gasteiger partial charge in [-0.15, -0.1) is 0 Å². The number of aryl methyl sites for hydroxylation is 1. The average molecular weight is 377 g/mol. The summed E-state index contributed by atoms with van der Waals surface area (Å²) in [4.78, 5) is 10.9. The Kier molecular flexibility index (Phi) is 7.90. The van der Waals surface area contributed by atoms with Crippen molar-refractivity contribution in [1.29, 1.82) is 0 Å². The van der Waals surface area contributed by atoms with E-state index in [0.717, 1.165) is 18.8 Å². The molecule has 2 nitrogen and oxygen atoms in total. The van der Waals surface area contributed by atoms with Gasteiger partial charge in [-0.25, -0.2) is 0 Å². The lowest BCUT2D eigenvalue weighted by molar-refractivity contribution is -0.141. The van der Waals surface area contributed by atoms with Crippen LogP contribution >= 0.6 is 0 Å². The van der Waals surface area contributed by atoms with E-state index < -0.39 is 0 Å². The molecule has 1 aliphatic rings. The molecule has 0 radical (unpaired) electrons. The van der Waals surface area contributed by atoms with Crippen molar-refractivity contribution in [1.82, 2.24) is 0 Å². The maximum absolute atomic E-state index is 10.9. The predicted octanol–water partition coefficient (Wildman–Crippen LogP) is 6.56. The summed E-state index contributed by atoms with van der Waals surface area (Å²) in [7, 11) is 0. The Morgan fingerprint density at radius 3 is 2.43 bits per heavy atom. The van der Waals surface area contributed by atoms with Crippen LogP contribution in [0.5, 0.6) is 0 Å².